The van der Waals surface area contributed by atoms with Gasteiger partial charge in [-0.1, -0.05) is 12.1 Å². The molecule has 0 amide bonds. The van der Waals surface area contributed by atoms with Gasteiger partial charge in [0.2, 0.25) is 0 Å². The smallest absolute Gasteiger partial charge is 0.335 e. The maximum absolute atomic E-state index is 11.6. The third-order valence-corrected chi connectivity index (χ3v) is 2.36. The number of hydrogen-bond acceptors (Lipinski definition) is 5. The second-order valence-electron chi connectivity index (χ2n) is 4.16. The molecule has 5 nitrogen and oxygen atoms in total. The summed E-state index contributed by atoms with van der Waals surface area (Å²) in [6.07, 6.45) is -0.292. The summed E-state index contributed by atoms with van der Waals surface area (Å²) >= 11 is 0. The SMILES string of the molecule is COC(=O)C(Cc1ccc(N=O)cc1)OC(C)C. The van der Waals surface area contributed by atoms with E-state index < -0.39 is 12.1 Å². The van der Waals surface area contributed by atoms with Gasteiger partial charge in [0.25, 0.3) is 0 Å². The van der Waals surface area contributed by atoms with Crippen LogP contribution < -0.4 is 0 Å². The summed E-state index contributed by atoms with van der Waals surface area (Å²) in [6.45, 7) is 3.71. The topological polar surface area (TPSA) is 65.0 Å². The monoisotopic (exact) mass is 251 g/mol. The molecule has 1 unspecified atom stereocenters. The first kappa shape index (κ1) is 14.3. The summed E-state index contributed by atoms with van der Waals surface area (Å²) in [7, 11) is 1.33. The van der Waals surface area contributed by atoms with Gasteiger partial charge in [-0.05, 0) is 36.7 Å². The fraction of sp³-hybridized carbons (Fsp3) is 0.462. The predicted octanol–water partition coefficient (Wildman–Crippen LogP) is 2.59. The molecule has 0 fully saturated rings. The Kier molecular flexibility index (Phi) is 5.45. The number of nitroso groups, excluding NO2 is 1. The van der Waals surface area contributed by atoms with E-state index in [0.717, 1.165) is 5.56 Å². The molecule has 0 aromatic heterocycles. The van der Waals surface area contributed by atoms with Crippen LogP contribution in [0.15, 0.2) is 29.4 Å². The van der Waals surface area contributed by atoms with Crippen molar-refractivity contribution in [1.82, 2.24) is 0 Å². The van der Waals surface area contributed by atoms with Crippen molar-refractivity contribution in [3.8, 4) is 0 Å². The zero-order chi connectivity index (χ0) is 13.5. The summed E-state index contributed by atoms with van der Waals surface area (Å²) < 4.78 is 10.2. The molecule has 0 radical (unpaired) electrons. The van der Waals surface area contributed by atoms with Gasteiger partial charge in [0.05, 0.1) is 13.2 Å². The Morgan fingerprint density at radius 3 is 2.33 bits per heavy atom. The molecule has 0 aliphatic carbocycles. The van der Waals surface area contributed by atoms with Gasteiger partial charge < -0.3 is 9.47 Å². The first-order valence-electron chi connectivity index (χ1n) is 5.72. The summed E-state index contributed by atoms with van der Waals surface area (Å²) in [4.78, 5) is 21.9. The fourth-order valence-corrected chi connectivity index (χ4v) is 1.55. The van der Waals surface area contributed by atoms with Crippen LogP contribution >= 0.6 is 0 Å². The lowest BCUT2D eigenvalue weighted by Gasteiger charge is -2.18. The van der Waals surface area contributed by atoms with E-state index in [9.17, 15) is 9.70 Å². The maximum atomic E-state index is 11.6. The first-order chi connectivity index (χ1) is 8.56. The summed E-state index contributed by atoms with van der Waals surface area (Å²) in [6, 6.07) is 6.70. The Hall–Kier alpha value is -1.75. The van der Waals surface area contributed by atoms with Crippen molar-refractivity contribution < 1.29 is 14.3 Å². The van der Waals surface area contributed by atoms with Crippen molar-refractivity contribution in [2.45, 2.75) is 32.5 Å². The Bertz CT molecular complexity index is 400. The number of methoxy groups -OCH3 is 1. The lowest BCUT2D eigenvalue weighted by atomic mass is 10.1. The lowest BCUT2D eigenvalue weighted by Crippen LogP contribution is -2.30. The molecule has 0 N–H and O–H groups in total. The molecule has 0 spiro atoms. The average molecular weight is 251 g/mol. The summed E-state index contributed by atoms with van der Waals surface area (Å²) in [5.74, 6) is -0.402. The Balaban J connectivity index is 2.74. The maximum Gasteiger partial charge on any atom is 0.335 e. The number of carbonyl (C=O) groups is 1. The van der Waals surface area contributed by atoms with E-state index in [1.54, 1.807) is 24.3 Å². The number of hydrogen-bond donors (Lipinski definition) is 0. The highest BCUT2D eigenvalue weighted by Crippen LogP contribution is 2.15. The second kappa shape index (κ2) is 6.86. The fourth-order valence-electron chi connectivity index (χ4n) is 1.55. The van der Waals surface area contributed by atoms with Gasteiger partial charge in [0, 0.05) is 6.42 Å². The molecule has 1 aromatic rings. The van der Waals surface area contributed by atoms with E-state index in [2.05, 4.69) is 5.18 Å². The summed E-state index contributed by atoms with van der Waals surface area (Å²) in [5.41, 5.74) is 1.25. The number of benzene rings is 1. The van der Waals surface area contributed by atoms with Crippen LogP contribution in [0.2, 0.25) is 0 Å². The molecule has 0 aliphatic rings. The van der Waals surface area contributed by atoms with E-state index >= 15 is 0 Å². The molecule has 98 valence electrons. The van der Waals surface area contributed by atoms with Crippen LogP contribution in [-0.2, 0) is 20.7 Å². The number of esters is 1. The molecule has 18 heavy (non-hydrogen) atoms. The van der Waals surface area contributed by atoms with E-state index in [0.29, 0.717) is 12.1 Å². The highest BCUT2D eigenvalue weighted by atomic mass is 16.6. The molecule has 0 aliphatic heterocycles. The zero-order valence-electron chi connectivity index (χ0n) is 10.8. The third-order valence-electron chi connectivity index (χ3n) is 2.36. The summed E-state index contributed by atoms with van der Waals surface area (Å²) in [5, 5.41) is 2.82. The first-order valence-corrected chi connectivity index (χ1v) is 5.72. The van der Waals surface area contributed by atoms with Gasteiger partial charge in [-0.15, -0.1) is 4.91 Å². The van der Waals surface area contributed by atoms with Crippen LogP contribution in [0, 0.1) is 4.91 Å². The minimum atomic E-state index is -0.634. The quantitative estimate of drug-likeness (QED) is 0.575. The van der Waals surface area contributed by atoms with E-state index in [1.165, 1.54) is 7.11 Å². The Morgan fingerprint density at radius 2 is 1.89 bits per heavy atom. The van der Waals surface area contributed by atoms with E-state index in [1.807, 2.05) is 13.8 Å². The number of ether oxygens (including phenoxy) is 2. The largest absolute Gasteiger partial charge is 0.467 e. The van der Waals surface area contributed by atoms with Crippen molar-refractivity contribution in [3.05, 3.63) is 34.7 Å². The van der Waals surface area contributed by atoms with Gasteiger partial charge in [0.15, 0.2) is 6.10 Å². The minimum Gasteiger partial charge on any atom is -0.467 e. The van der Waals surface area contributed by atoms with Crippen LogP contribution in [0.25, 0.3) is 0 Å². The molecular formula is C13H17NO4. The minimum absolute atomic E-state index is 0.0648. The standard InChI is InChI=1S/C13H17NO4/c1-9(2)18-12(13(15)17-3)8-10-4-6-11(14-16)7-5-10/h4-7,9,12H,8H2,1-3H3. The molecule has 0 heterocycles. The predicted molar refractivity (Wildman–Crippen MR) is 67.6 cm³/mol. The van der Waals surface area contributed by atoms with Gasteiger partial charge in [-0.25, -0.2) is 4.79 Å². The number of carbonyl (C=O) groups excluding carboxylic acids is 1. The Morgan fingerprint density at radius 1 is 1.28 bits per heavy atom. The highest BCUT2D eigenvalue weighted by Gasteiger charge is 2.21. The van der Waals surface area contributed by atoms with Gasteiger partial charge in [0.1, 0.15) is 5.69 Å². The average Bonchev–Trinajstić information content (AvgIpc) is 2.37. The van der Waals surface area contributed by atoms with Crippen molar-refractivity contribution in [1.29, 1.82) is 0 Å². The molecule has 1 rings (SSSR count). The second-order valence-corrected chi connectivity index (χ2v) is 4.16. The molecule has 1 aromatic carbocycles. The molecule has 0 bridgehead atoms. The van der Waals surface area contributed by atoms with E-state index in [4.69, 9.17) is 9.47 Å². The number of rotatable bonds is 6. The van der Waals surface area contributed by atoms with Gasteiger partial charge in [-0.3, -0.25) is 0 Å². The van der Waals surface area contributed by atoms with E-state index in [-0.39, 0.29) is 6.10 Å². The number of nitrogens with zero attached hydrogens (tertiary/aromatic N) is 1. The third kappa shape index (κ3) is 4.25. The van der Waals surface area contributed by atoms with Crippen molar-refractivity contribution >= 4 is 11.7 Å². The lowest BCUT2D eigenvalue weighted by molar-refractivity contribution is -0.156. The van der Waals surface area contributed by atoms with Crippen molar-refractivity contribution in [3.63, 3.8) is 0 Å². The molecule has 0 saturated carbocycles. The molecular weight excluding hydrogens is 234 g/mol. The van der Waals surface area contributed by atoms with Gasteiger partial charge in [-0.2, -0.15) is 0 Å². The van der Waals surface area contributed by atoms with Gasteiger partial charge >= 0.3 is 5.97 Å². The van der Waals surface area contributed by atoms with Crippen molar-refractivity contribution in [2.24, 2.45) is 5.18 Å². The highest BCUT2D eigenvalue weighted by molar-refractivity contribution is 5.75. The van der Waals surface area contributed by atoms with Crippen LogP contribution in [0.1, 0.15) is 19.4 Å². The molecule has 0 saturated heterocycles. The van der Waals surface area contributed by atoms with Crippen LogP contribution in [0.5, 0.6) is 0 Å². The van der Waals surface area contributed by atoms with Crippen LogP contribution in [0.3, 0.4) is 0 Å². The molecule has 1 atom stereocenters. The Labute approximate surface area is 106 Å². The van der Waals surface area contributed by atoms with Crippen molar-refractivity contribution in [2.75, 3.05) is 7.11 Å². The van der Waals surface area contributed by atoms with Crippen LogP contribution in [-0.4, -0.2) is 25.3 Å². The van der Waals surface area contributed by atoms with Crippen LogP contribution in [0.4, 0.5) is 5.69 Å². The molecule has 5 heteroatoms. The zero-order valence-corrected chi connectivity index (χ0v) is 10.8. The normalized spacial score (nSPS) is 12.2.